The van der Waals surface area contributed by atoms with E-state index >= 15 is 0 Å². The van der Waals surface area contributed by atoms with E-state index in [1.54, 1.807) is 14.2 Å². The Balaban J connectivity index is 2.07. The SMILES string of the molecule is CO[Si]1(OC)C(C)CN1Cc1ccccc1. The maximum atomic E-state index is 5.66. The van der Waals surface area contributed by atoms with E-state index in [9.17, 15) is 0 Å². The highest BCUT2D eigenvalue weighted by atomic mass is 28.4. The maximum Gasteiger partial charge on any atom is 0.431 e. The minimum absolute atomic E-state index is 0.547. The molecular weight excluding hydrogens is 218 g/mol. The summed E-state index contributed by atoms with van der Waals surface area (Å²) in [7, 11) is 1.46. The van der Waals surface area contributed by atoms with Crippen LogP contribution < -0.4 is 0 Å². The Bertz CT molecular complexity index is 340. The average Bonchev–Trinajstić information content (AvgIpc) is 2.32. The smallest absolute Gasteiger partial charge is 0.386 e. The predicted octanol–water partition coefficient (Wildman–Crippen LogP) is 2.12. The molecule has 0 spiro atoms. The number of hydrogen-bond acceptors (Lipinski definition) is 3. The molecule has 4 heteroatoms. The van der Waals surface area contributed by atoms with E-state index in [4.69, 9.17) is 8.85 Å². The van der Waals surface area contributed by atoms with Gasteiger partial charge in [0.15, 0.2) is 0 Å². The summed E-state index contributed by atoms with van der Waals surface area (Å²) in [5.41, 5.74) is 1.87. The normalized spacial score (nSPS) is 24.1. The highest BCUT2D eigenvalue weighted by Crippen LogP contribution is 2.38. The lowest BCUT2D eigenvalue weighted by molar-refractivity contribution is 0.0987. The van der Waals surface area contributed by atoms with Gasteiger partial charge < -0.3 is 8.85 Å². The molecule has 88 valence electrons. The first-order valence-corrected chi connectivity index (χ1v) is 7.46. The Labute approximate surface area is 98.3 Å². The molecule has 16 heavy (non-hydrogen) atoms. The van der Waals surface area contributed by atoms with Crippen LogP contribution in [-0.2, 0) is 15.4 Å². The van der Waals surface area contributed by atoms with Crippen molar-refractivity contribution in [2.24, 2.45) is 0 Å². The second-order valence-corrected chi connectivity index (χ2v) is 8.00. The zero-order valence-electron chi connectivity index (χ0n) is 10.1. The van der Waals surface area contributed by atoms with Gasteiger partial charge in [-0.05, 0) is 5.56 Å². The molecule has 0 N–H and O–H groups in total. The summed E-state index contributed by atoms with van der Waals surface area (Å²) < 4.78 is 13.7. The summed E-state index contributed by atoms with van der Waals surface area (Å²) in [4.78, 5) is 0. The fraction of sp³-hybridized carbons (Fsp3) is 0.500. The van der Waals surface area contributed by atoms with Gasteiger partial charge in [-0.25, -0.2) is 0 Å². The average molecular weight is 237 g/mol. The molecular formula is C12H19NO2Si. The minimum Gasteiger partial charge on any atom is -0.386 e. The molecule has 0 aromatic heterocycles. The zero-order valence-corrected chi connectivity index (χ0v) is 11.1. The van der Waals surface area contributed by atoms with Crippen molar-refractivity contribution in [3.05, 3.63) is 35.9 Å². The van der Waals surface area contributed by atoms with Crippen molar-refractivity contribution < 1.29 is 8.85 Å². The molecule has 0 radical (unpaired) electrons. The van der Waals surface area contributed by atoms with Gasteiger partial charge in [0.25, 0.3) is 0 Å². The molecule has 1 heterocycles. The predicted molar refractivity (Wildman–Crippen MR) is 66.0 cm³/mol. The molecule has 1 aliphatic rings. The summed E-state index contributed by atoms with van der Waals surface area (Å²) in [5.74, 6) is 0. The summed E-state index contributed by atoms with van der Waals surface area (Å²) in [6.45, 7) is 4.21. The highest BCUT2D eigenvalue weighted by Gasteiger charge is 2.57. The van der Waals surface area contributed by atoms with Gasteiger partial charge >= 0.3 is 8.72 Å². The number of hydrogen-bond donors (Lipinski definition) is 0. The van der Waals surface area contributed by atoms with E-state index in [1.165, 1.54) is 5.56 Å². The van der Waals surface area contributed by atoms with Crippen LogP contribution in [0.4, 0.5) is 0 Å². The van der Waals surface area contributed by atoms with Crippen LogP contribution in [0.3, 0.4) is 0 Å². The molecule has 1 fully saturated rings. The lowest BCUT2D eigenvalue weighted by Crippen LogP contribution is -2.70. The highest BCUT2D eigenvalue weighted by molar-refractivity contribution is 6.68. The second kappa shape index (κ2) is 4.67. The number of rotatable bonds is 4. The largest absolute Gasteiger partial charge is 0.431 e. The standard InChI is InChI=1S/C12H19NO2Si/c1-11-9-13(16(11,14-2)15-3)10-12-7-5-4-6-8-12/h4-8,11H,9-10H2,1-3H3. The van der Waals surface area contributed by atoms with Crippen molar-refractivity contribution in [2.45, 2.75) is 19.0 Å². The molecule has 1 aliphatic heterocycles. The van der Waals surface area contributed by atoms with Gasteiger partial charge in [0.05, 0.1) is 0 Å². The Morgan fingerprint density at radius 2 is 1.88 bits per heavy atom. The minimum atomic E-state index is -2.07. The number of benzene rings is 1. The van der Waals surface area contributed by atoms with Gasteiger partial charge in [0.1, 0.15) is 0 Å². The van der Waals surface area contributed by atoms with Crippen molar-refractivity contribution in [2.75, 3.05) is 20.8 Å². The van der Waals surface area contributed by atoms with Crippen LogP contribution in [0.15, 0.2) is 30.3 Å². The van der Waals surface area contributed by atoms with E-state index in [-0.39, 0.29) is 0 Å². The molecule has 0 saturated carbocycles. The van der Waals surface area contributed by atoms with E-state index in [0.717, 1.165) is 13.1 Å². The van der Waals surface area contributed by atoms with Gasteiger partial charge in [-0.3, -0.25) is 4.57 Å². The van der Waals surface area contributed by atoms with E-state index < -0.39 is 8.72 Å². The quantitative estimate of drug-likeness (QED) is 0.749. The second-order valence-electron chi connectivity index (χ2n) is 4.31. The Morgan fingerprint density at radius 3 is 2.38 bits per heavy atom. The van der Waals surface area contributed by atoms with Crippen molar-refractivity contribution in [1.82, 2.24) is 4.57 Å². The number of nitrogens with zero attached hydrogens (tertiary/aromatic N) is 1. The molecule has 1 aromatic carbocycles. The van der Waals surface area contributed by atoms with Crippen molar-refractivity contribution in [3.8, 4) is 0 Å². The molecule has 0 aliphatic carbocycles. The van der Waals surface area contributed by atoms with Gasteiger partial charge in [-0.2, -0.15) is 0 Å². The van der Waals surface area contributed by atoms with Crippen LogP contribution in [-0.4, -0.2) is 34.1 Å². The van der Waals surface area contributed by atoms with Crippen LogP contribution in [0.1, 0.15) is 12.5 Å². The van der Waals surface area contributed by atoms with Crippen LogP contribution in [0.2, 0.25) is 5.54 Å². The lowest BCUT2D eigenvalue weighted by atomic mass is 10.2. The fourth-order valence-corrected chi connectivity index (χ4v) is 5.67. The van der Waals surface area contributed by atoms with Gasteiger partial charge in [0.2, 0.25) is 0 Å². The Hall–Kier alpha value is -0.683. The zero-order chi connectivity index (χ0) is 11.6. The van der Waals surface area contributed by atoms with E-state index in [1.807, 2.05) is 6.07 Å². The topological polar surface area (TPSA) is 21.7 Å². The van der Waals surface area contributed by atoms with E-state index in [0.29, 0.717) is 5.54 Å². The van der Waals surface area contributed by atoms with Crippen LogP contribution in [0, 0.1) is 0 Å². The molecule has 0 amide bonds. The van der Waals surface area contributed by atoms with Crippen molar-refractivity contribution in [3.63, 3.8) is 0 Å². The first-order valence-electron chi connectivity index (χ1n) is 5.62. The van der Waals surface area contributed by atoms with Crippen LogP contribution in [0.5, 0.6) is 0 Å². The summed E-state index contributed by atoms with van der Waals surface area (Å²) in [5, 5.41) is 0. The van der Waals surface area contributed by atoms with Gasteiger partial charge in [-0.1, -0.05) is 37.3 Å². The first kappa shape index (κ1) is 11.8. The molecule has 3 nitrogen and oxygen atoms in total. The summed E-state index contributed by atoms with van der Waals surface area (Å²) in [6, 6.07) is 10.5. The monoisotopic (exact) mass is 237 g/mol. The molecule has 1 unspecified atom stereocenters. The molecule has 1 saturated heterocycles. The van der Waals surface area contributed by atoms with E-state index in [2.05, 4.69) is 35.8 Å². The lowest BCUT2D eigenvalue weighted by Gasteiger charge is -2.51. The molecule has 0 bridgehead atoms. The third-order valence-corrected chi connectivity index (χ3v) is 7.18. The third kappa shape index (κ3) is 1.82. The third-order valence-electron chi connectivity index (χ3n) is 3.36. The van der Waals surface area contributed by atoms with Crippen molar-refractivity contribution >= 4 is 8.72 Å². The summed E-state index contributed by atoms with van der Waals surface area (Å²) >= 11 is 0. The summed E-state index contributed by atoms with van der Waals surface area (Å²) in [6.07, 6.45) is 0. The fourth-order valence-electron chi connectivity index (χ4n) is 2.49. The van der Waals surface area contributed by atoms with Gasteiger partial charge in [-0.15, -0.1) is 0 Å². The van der Waals surface area contributed by atoms with Crippen LogP contribution in [0.25, 0.3) is 0 Å². The molecule has 2 rings (SSSR count). The van der Waals surface area contributed by atoms with Crippen LogP contribution >= 0.6 is 0 Å². The Kier molecular flexibility index (Phi) is 3.44. The Morgan fingerprint density at radius 1 is 1.25 bits per heavy atom. The molecule has 1 aromatic rings. The van der Waals surface area contributed by atoms with Gasteiger partial charge in [0, 0.05) is 32.9 Å². The molecule has 1 atom stereocenters. The first-order chi connectivity index (χ1) is 7.73. The maximum absolute atomic E-state index is 5.66. The van der Waals surface area contributed by atoms with Crippen molar-refractivity contribution in [1.29, 1.82) is 0 Å².